The van der Waals surface area contributed by atoms with E-state index in [1.165, 1.54) is 0 Å². The summed E-state index contributed by atoms with van der Waals surface area (Å²) in [5, 5.41) is 6.28. The van der Waals surface area contributed by atoms with Crippen LogP contribution >= 0.6 is 12.4 Å². The number of likely N-dealkylation sites (tertiary alicyclic amines) is 1. The maximum absolute atomic E-state index is 12.8. The molecule has 0 spiro atoms. The lowest BCUT2D eigenvalue weighted by Crippen LogP contribution is -2.46. The lowest BCUT2D eigenvalue weighted by Gasteiger charge is -2.33. The van der Waals surface area contributed by atoms with Crippen molar-refractivity contribution in [2.75, 3.05) is 26.2 Å². The molecule has 1 aromatic rings. The van der Waals surface area contributed by atoms with E-state index in [9.17, 15) is 9.59 Å². The van der Waals surface area contributed by atoms with Crippen LogP contribution in [0.25, 0.3) is 0 Å². The Hall–Kier alpha value is -1.73. The lowest BCUT2D eigenvalue weighted by atomic mass is 9.97. The summed E-state index contributed by atoms with van der Waals surface area (Å²) in [5.74, 6) is 1.64. The Bertz CT molecular complexity index is 676. The molecule has 2 N–H and O–H groups in total. The van der Waals surface area contributed by atoms with Gasteiger partial charge < -0.3 is 15.5 Å². The third-order valence-electron chi connectivity index (χ3n) is 5.58. The molecule has 8 heteroatoms. The Kier molecular flexibility index (Phi) is 6.65. The normalized spacial score (nSPS) is 25.0. The molecular weight excluding hydrogens is 366 g/mol. The van der Waals surface area contributed by atoms with Crippen LogP contribution in [-0.2, 0) is 4.79 Å². The highest BCUT2D eigenvalue weighted by molar-refractivity contribution is 5.92. The number of nitrogens with one attached hydrogen (secondary N) is 2. The molecule has 1 saturated carbocycles. The molecule has 1 aliphatic carbocycles. The highest BCUT2D eigenvalue weighted by atomic mass is 35.5. The highest BCUT2D eigenvalue weighted by Crippen LogP contribution is 2.37. The smallest absolute Gasteiger partial charge is 0.272 e. The fraction of sp³-hybridized carbons (Fsp3) is 0.684. The SMILES string of the molecule is Cl.O=C(NCC1CCCN(C(=O)c2ccnc(C3CC3)n2)C1)C1CCCN1. The quantitative estimate of drug-likeness (QED) is 0.791. The van der Waals surface area contributed by atoms with Gasteiger partial charge in [0.05, 0.1) is 6.04 Å². The van der Waals surface area contributed by atoms with Crippen LogP contribution in [0.15, 0.2) is 12.3 Å². The van der Waals surface area contributed by atoms with E-state index in [0.717, 1.165) is 57.4 Å². The molecule has 2 unspecified atom stereocenters. The fourth-order valence-electron chi connectivity index (χ4n) is 3.89. The van der Waals surface area contributed by atoms with E-state index in [2.05, 4.69) is 20.6 Å². The van der Waals surface area contributed by atoms with Gasteiger partial charge in [-0.3, -0.25) is 9.59 Å². The number of halogens is 1. The molecule has 1 aromatic heterocycles. The van der Waals surface area contributed by atoms with Gasteiger partial charge in [-0.2, -0.15) is 0 Å². The molecule has 3 aliphatic rings. The molecule has 2 saturated heterocycles. The van der Waals surface area contributed by atoms with Crippen LogP contribution in [0.4, 0.5) is 0 Å². The molecule has 2 amide bonds. The van der Waals surface area contributed by atoms with Gasteiger partial charge in [0, 0.05) is 31.7 Å². The third kappa shape index (κ3) is 4.96. The van der Waals surface area contributed by atoms with Crippen molar-refractivity contribution >= 4 is 24.2 Å². The average molecular weight is 394 g/mol. The second kappa shape index (κ2) is 8.97. The standard InChI is InChI=1S/C19H27N5O2.ClH/c25-18(15-4-1-8-20-15)22-11-13-3-2-10-24(12-13)19(26)16-7-9-21-17(23-16)14-5-6-14;/h7,9,13-15,20H,1-6,8,10-12H2,(H,22,25);1H. The fourth-order valence-corrected chi connectivity index (χ4v) is 3.89. The molecule has 0 bridgehead atoms. The zero-order valence-corrected chi connectivity index (χ0v) is 16.3. The average Bonchev–Trinajstić information content (AvgIpc) is 3.40. The van der Waals surface area contributed by atoms with Crippen LogP contribution < -0.4 is 10.6 Å². The minimum atomic E-state index is -0.0433. The summed E-state index contributed by atoms with van der Waals surface area (Å²) in [4.78, 5) is 35.6. The van der Waals surface area contributed by atoms with E-state index in [0.29, 0.717) is 30.6 Å². The maximum Gasteiger partial charge on any atom is 0.272 e. The first kappa shape index (κ1) is 20.0. The number of nitrogens with zero attached hydrogens (tertiary/aromatic N) is 3. The molecule has 148 valence electrons. The first-order chi connectivity index (χ1) is 12.7. The van der Waals surface area contributed by atoms with Crippen LogP contribution in [0.1, 0.15) is 60.8 Å². The summed E-state index contributed by atoms with van der Waals surface area (Å²) in [6.07, 6.45) is 7.93. The zero-order valence-electron chi connectivity index (χ0n) is 15.5. The Morgan fingerprint density at radius 1 is 1.22 bits per heavy atom. The van der Waals surface area contributed by atoms with Gasteiger partial charge in [0.2, 0.25) is 5.91 Å². The van der Waals surface area contributed by atoms with Crippen molar-refractivity contribution < 1.29 is 9.59 Å². The monoisotopic (exact) mass is 393 g/mol. The molecule has 0 radical (unpaired) electrons. The predicted molar refractivity (Wildman–Crippen MR) is 104 cm³/mol. The van der Waals surface area contributed by atoms with E-state index in [4.69, 9.17) is 0 Å². The largest absolute Gasteiger partial charge is 0.354 e. The minimum Gasteiger partial charge on any atom is -0.354 e. The van der Waals surface area contributed by atoms with E-state index < -0.39 is 0 Å². The minimum absolute atomic E-state index is 0. The molecule has 3 heterocycles. The van der Waals surface area contributed by atoms with Gasteiger partial charge in [0.25, 0.3) is 5.91 Å². The lowest BCUT2D eigenvalue weighted by molar-refractivity contribution is -0.123. The van der Waals surface area contributed by atoms with E-state index in [1.807, 2.05) is 4.90 Å². The van der Waals surface area contributed by atoms with Gasteiger partial charge in [-0.15, -0.1) is 12.4 Å². The summed E-state index contributed by atoms with van der Waals surface area (Å²) in [6, 6.07) is 1.67. The molecule has 27 heavy (non-hydrogen) atoms. The summed E-state index contributed by atoms with van der Waals surface area (Å²) >= 11 is 0. The first-order valence-electron chi connectivity index (χ1n) is 9.84. The van der Waals surface area contributed by atoms with Crippen LogP contribution in [0, 0.1) is 5.92 Å². The van der Waals surface area contributed by atoms with E-state index in [-0.39, 0.29) is 30.3 Å². The number of hydrogen-bond donors (Lipinski definition) is 2. The van der Waals surface area contributed by atoms with Crippen molar-refractivity contribution in [2.45, 2.75) is 50.5 Å². The van der Waals surface area contributed by atoms with Crippen molar-refractivity contribution in [3.63, 3.8) is 0 Å². The summed E-state index contributed by atoms with van der Waals surface area (Å²) in [5.41, 5.74) is 0.502. The third-order valence-corrected chi connectivity index (χ3v) is 5.58. The van der Waals surface area contributed by atoms with Crippen LogP contribution in [-0.4, -0.2) is 58.9 Å². The molecule has 2 aliphatic heterocycles. The van der Waals surface area contributed by atoms with Gasteiger partial charge in [-0.05, 0) is 57.1 Å². The topological polar surface area (TPSA) is 87.2 Å². The van der Waals surface area contributed by atoms with Gasteiger partial charge in [-0.1, -0.05) is 0 Å². The number of carbonyl (C=O) groups is 2. The highest BCUT2D eigenvalue weighted by Gasteiger charge is 2.30. The molecule has 0 aromatic carbocycles. The second-order valence-electron chi connectivity index (χ2n) is 7.73. The van der Waals surface area contributed by atoms with Gasteiger partial charge in [-0.25, -0.2) is 9.97 Å². The number of carbonyl (C=O) groups excluding carboxylic acids is 2. The maximum atomic E-state index is 12.8. The van der Waals surface area contributed by atoms with Crippen LogP contribution in [0.2, 0.25) is 0 Å². The molecule has 4 rings (SSSR count). The molecular formula is C19H28ClN5O2. The number of piperidine rings is 1. The van der Waals surface area contributed by atoms with Crippen molar-refractivity contribution in [3.05, 3.63) is 23.8 Å². The Morgan fingerprint density at radius 2 is 2.07 bits per heavy atom. The summed E-state index contributed by atoms with van der Waals surface area (Å²) in [6.45, 7) is 3.00. The summed E-state index contributed by atoms with van der Waals surface area (Å²) in [7, 11) is 0. The number of hydrogen-bond acceptors (Lipinski definition) is 5. The number of aromatic nitrogens is 2. The number of amides is 2. The molecule has 3 fully saturated rings. The van der Waals surface area contributed by atoms with Gasteiger partial charge in [0.15, 0.2) is 0 Å². The van der Waals surface area contributed by atoms with Gasteiger partial charge >= 0.3 is 0 Å². The Morgan fingerprint density at radius 3 is 2.81 bits per heavy atom. The van der Waals surface area contributed by atoms with Crippen molar-refractivity contribution in [1.82, 2.24) is 25.5 Å². The first-order valence-corrected chi connectivity index (χ1v) is 9.84. The summed E-state index contributed by atoms with van der Waals surface area (Å²) < 4.78 is 0. The van der Waals surface area contributed by atoms with Crippen molar-refractivity contribution in [1.29, 1.82) is 0 Å². The Labute approximate surface area is 166 Å². The number of rotatable bonds is 5. The van der Waals surface area contributed by atoms with Crippen LogP contribution in [0.5, 0.6) is 0 Å². The van der Waals surface area contributed by atoms with E-state index in [1.54, 1.807) is 12.3 Å². The molecule has 7 nitrogen and oxygen atoms in total. The predicted octanol–water partition coefficient (Wildman–Crippen LogP) is 1.50. The molecule has 2 atom stereocenters. The van der Waals surface area contributed by atoms with Gasteiger partial charge in [0.1, 0.15) is 11.5 Å². The van der Waals surface area contributed by atoms with Crippen molar-refractivity contribution in [2.24, 2.45) is 5.92 Å². The van der Waals surface area contributed by atoms with Crippen LogP contribution in [0.3, 0.4) is 0 Å². The second-order valence-corrected chi connectivity index (χ2v) is 7.73. The van der Waals surface area contributed by atoms with E-state index >= 15 is 0 Å². The Balaban J connectivity index is 0.00000210. The zero-order chi connectivity index (χ0) is 17.9. The van der Waals surface area contributed by atoms with Crippen molar-refractivity contribution in [3.8, 4) is 0 Å².